The summed E-state index contributed by atoms with van der Waals surface area (Å²) < 4.78 is 0. The number of para-hydroxylation sites is 1. The predicted octanol–water partition coefficient (Wildman–Crippen LogP) is 3.83. The summed E-state index contributed by atoms with van der Waals surface area (Å²) in [5.41, 5.74) is 2.79. The van der Waals surface area contributed by atoms with Gasteiger partial charge < -0.3 is 4.98 Å². The number of aryl methyl sites for hydroxylation is 1. The van der Waals surface area contributed by atoms with E-state index in [1.54, 1.807) is 0 Å². The first kappa shape index (κ1) is 11.4. The molecule has 0 saturated heterocycles. The maximum absolute atomic E-state index is 12.2. The minimum Gasteiger partial charge on any atom is -0.358 e. The number of Topliss-reactive ketones (excluding diaryl/α,β-unsaturated/α-hetero) is 1. The zero-order chi connectivity index (χ0) is 11.7. The van der Waals surface area contributed by atoms with Gasteiger partial charge in [0.15, 0.2) is 5.78 Å². The van der Waals surface area contributed by atoms with E-state index < -0.39 is 0 Å². The Labute approximate surface area is 103 Å². The largest absolute Gasteiger partial charge is 0.358 e. The first-order valence-corrected chi connectivity index (χ1v) is 6.32. The molecule has 1 atom stereocenters. The standard InChI is InChI=1S/C13H14BrNO/c1-3-10(14)13(16)12-8(2)15-11-7-5-4-6-9(11)12/h4-7,10,15H,3H2,1-2H3. The molecule has 2 rings (SSSR count). The molecule has 2 nitrogen and oxygen atoms in total. The normalized spacial score (nSPS) is 12.9. The molecular weight excluding hydrogens is 266 g/mol. The average Bonchev–Trinajstić information content (AvgIpc) is 2.63. The van der Waals surface area contributed by atoms with Crippen molar-refractivity contribution in [3.8, 4) is 0 Å². The molecule has 0 amide bonds. The zero-order valence-electron chi connectivity index (χ0n) is 9.38. The van der Waals surface area contributed by atoms with E-state index in [1.165, 1.54) is 0 Å². The Morgan fingerprint density at radius 3 is 2.81 bits per heavy atom. The van der Waals surface area contributed by atoms with Crippen LogP contribution in [0.25, 0.3) is 10.9 Å². The van der Waals surface area contributed by atoms with E-state index in [0.29, 0.717) is 0 Å². The molecule has 84 valence electrons. The van der Waals surface area contributed by atoms with Gasteiger partial charge in [-0.1, -0.05) is 41.1 Å². The molecule has 1 unspecified atom stereocenters. The van der Waals surface area contributed by atoms with Gasteiger partial charge in [-0.05, 0) is 19.4 Å². The van der Waals surface area contributed by atoms with Gasteiger partial charge in [-0.3, -0.25) is 4.79 Å². The Morgan fingerprint density at radius 2 is 2.12 bits per heavy atom. The minimum absolute atomic E-state index is 0.0922. The number of halogens is 1. The Balaban J connectivity index is 2.59. The molecule has 0 aliphatic heterocycles. The fourth-order valence-corrected chi connectivity index (χ4v) is 2.17. The summed E-state index contributed by atoms with van der Waals surface area (Å²) >= 11 is 3.42. The number of ketones is 1. The molecule has 1 aromatic carbocycles. The highest BCUT2D eigenvalue weighted by molar-refractivity contribution is 9.10. The van der Waals surface area contributed by atoms with E-state index in [0.717, 1.165) is 28.6 Å². The summed E-state index contributed by atoms with van der Waals surface area (Å²) in [5, 5.41) is 1.02. The van der Waals surface area contributed by atoms with Crippen molar-refractivity contribution in [2.45, 2.75) is 25.1 Å². The lowest BCUT2D eigenvalue weighted by Gasteiger charge is -2.05. The molecule has 0 saturated carbocycles. The number of carbonyl (C=O) groups excluding carboxylic acids is 1. The maximum Gasteiger partial charge on any atom is 0.178 e. The Hall–Kier alpha value is -1.09. The van der Waals surface area contributed by atoms with Crippen LogP contribution in [-0.4, -0.2) is 15.6 Å². The second kappa shape index (κ2) is 4.42. The molecule has 16 heavy (non-hydrogen) atoms. The van der Waals surface area contributed by atoms with Gasteiger partial charge in [-0.15, -0.1) is 0 Å². The first-order chi connectivity index (χ1) is 7.65. The number of rotatable bonds is 3. The van der Waals surface area contributed by atoms with E-state index in [9.17, 15) is 4.79 Å². The number of fused-ring (bicyclic) bond motifs is 1. The third-order valence-corrected chi connectivity index (χ3v) is 3.85. The van der Waals surface area contributed by atoms with Crippen LogP contribution in [0.2, 0.25) is 0 Å². The fraction of sp³-hybridized carbons (Fsp3) is 0.308. The van der Waals surface area contributed by atoms with Crippen LogP contribution in [-0.2, 0) is 0 Å². The second-order valence-corrected chi connectivity index (χ2v) is 5.02. The van der Waals surface area contributed by atoms with Crippen molar-refractivity contribution in [1.82, 2.24) is 4.98 Å². The van der Waals surface area contributed by atoms with Crippen LogP contribution in [0.5, 0.6) is 0 Å². The number of hydrogen-bond acceptors (Lipinski definition) is 1. The number of hydrogen-bond donors (Lipinski definition) is 1. The number of nitrogens with one attached hydrogen (secondary N) is 1. The summed E-state index contributed by atoms with van der Waals surface area (Å²) in [7, 11) is 0. The van der Waals surface area contributed by atoms with Crippen molar-refractivity contribution in [2.75, 3.05) is 0 Å². The molecule has 1 aromatic heterocycles. The molecule has 0 radical (unpaired) electrons. The highest BCUT2D eigenvalue weighted by atomic mass is 79.9. The van der Waals surface area contributed by atoms with Crippen molar-refractivity contribution < 1.29 is 4.79 Å². The molecule has 0 fully saturated rings. The lowest BCUT2D eigenvalue weighted by Crippen LogP contribution is -2.13. The average molecular weight is 280 g/mol. The Bertz CT molecular complexity index is 530. The van der Waals surface area contributed by atoms with Crippen LogP contribution in [0.1, 0.15) is 29.4 Å². The third kappa shape index (κ3) is 1.80. The van der Waals surface area contributed by atoms with Gasteiger partial charge in [0.1, 0.15) is 0 Å². The monoisotopic (exact) mass is 279 g/mol. The summed E-state index contributed by atoms with van der Waals surface area (Å²) in [4.78, 5) is 15.4. The molecule has 2 aromatic rings. The van der Waals surface area contributed by atoms with Gasteiger partial charge >= 0.3 is 0 Å². The van der Waals surface area contributed by atoms with E-state index in [2.05, 4.69) is 20.9 Å². The van der Waals surface area contributed by atoms with Crippen LogP contribution < -0.4 is 0 Å². The first-order valence-electron chi connectivity index (χ1n) is 5.40. The fourth-order valence-electron chi connectivity index (χ4n) is 1.94. The molecule has 0 spiro atoms. The molecule has 0 bridgehead atoms. The SMILES string of the molecule is CCC(Br)C(=O)c1c(C)[nH]c2ccccc12. The third-order valence-electron chi connectivity index (χ3n) is 2.78. The number of carbonyl (C=O) groups is 1. The Morgan fingerprint density at radius 1 is 1.44 bits per heavy atom. The molecule has 1 heterocycles. The number of aromatic nitrogens is 1. The number of aromatic amines is 1. The lowest BCUT2D eigenvalue weighted by atomic mass is 10.0. The Kier molecular flexibility index (Phi) is 3.15. The van der Waals surface area contributed by atoms with Gasteiger partial charge in [-0.25, -0.2) is 0 Å². The zero-order valence-corrected chi connectivity index (χ0v) is 11.0. The van der Waals surface area contributed by atoms with Crippen LogP contribution in [0.3, 0.4) is 0 Å². The smallest absolute Gasteiger partial charge is 0.178 e. The summed E-state index contributed by atoms with van der Waals surface area (Å²) in [6, 6.07) is 7.91. The van der Waals surface area contributed by atoms with Crippen LogP contribution >= 0.6 is 15.9 Å². The van der Waals surface area contributed by atoms with Crippen molar-refractivity contribution in [3.63, 3.8) is 0 Å². The van der Waals surface area contributed by atoms with Crippen molar-refractivity contribution in [2.24, 2.45) is 0 Å². The van der Waals surface area contributed by atoms with E-state index >= 15 is 0 Å². The van der Waals surface area contributed by atoms with E-state index in [1.807, 2.05) is 38.1 Å². The highest BCUT2D eigenvalue weighted by Crippen LogP contribution is 2.25. The van der Waals surface area contributed by atoms with Gasteiger partial charge in [-0.2, -0.15) is 0 Å². The van der Waals surface area contributed by atoms with Gasteiger partial charge in [0, 0.05) is 22.2 Å². The lowest BCUT2D eigenvalue weighted by molar-refractivity contribution is 0.0991. The summed E-state index contributed by atoms with van der Waals surface area (Å²) in [5.74, 6) is 0.164. The van der Waals surface area contributed by atoms with Crippen LogP contribution in [0, 0.1) is 6.92 Å². The minimum atomic E-state index is -0.0922. The number of alkyl halides is 1. The van der Waals surface area contributed by atoms with Gasteiger partial charge in [0.2, 0.25) is 0 Å². The molecular formula is C13H14BrNO. The summed E-state index contributed by atoms with van der Waals surface area (Å²) in [6.07, 6.45) is 0.803. The van der Waals surface area contributed by atoms with Gasteiger partial charge in [0.25, 0.3) is 0 Å². The maximum atomic E-state index is 12.2. The topological polar surface area (TPSA) is 32.9 Å². The van der Waals surface area contributed by atoms with E-state index in [-0.39, 0.29) is 10.6 Å². The van der Waals surface area contributed by atoms with Crippen molar-refractivity contribution >= 4 is 32.6 Å². The molecule has 3 heteroatoms. The molecule has 0 aliphatic carbocycles. The summed E-state index contributed by atoms with van der Waals surface area (Å²) in [6.45, 7) is 3.95. The quantitative estimate of drug-likeness (QED) is 0.672. The van der Waals surface area contributed by atoms with Gasteiger partial charge in [0.05, 0.1) is 4.83 Å². The van der Waals surface area contributed by atoms with Crippen LogP contribution in [0.4, 0.5) is 0 Å². The molecule has 1 N–H and O–H groups in total. The predicted molar refractivity (Wildman–Crippen MR) is 70.4 cm³/mol. The van der Waals surface area contributed by atoms with E-state index in [4.69, 9.17) is 0 Å². The molecule has 0 aliphatic rings. The van der Waals surface area contributed by atoms with Crippen LogP contribution in [0.15, 0.2) is 24.3 Å². The van der Waals surface area contributed by atoms with Crippen molar-refractivity contribution in [1.29, 1.82) is 0 Å². The number of benzene rings is 1. The van der Waals surface area contributed by atoms with Crippen molar-refractivity contribution in [3.05, 3.63) is 35.5 Å². The number of H-pyrrole nitrogens is 1. The highest BCUT2D eigenvalue weighted by Gasteiger charge is 2.20. The second-order valence-electron chi connectivity index (χ2n) is 3.91.